The second-order valence-corrected chi connectivity index (χ2v) is 11.9. The molecule has 0 saturated carbocycles. The first-order chi connectivity index (χ1) is 22.3. The van der Waals surface area contributed by atoms with Crippen molar-refractivity contribution < 1.29 is 68.8 Å². The molecule has 0 spiro atoms. The predicted molar refractivity (Wildman–Crippen MR) is 162 cm³/mol. The van der Waals surface area contributed by atoms with Crippen molar-refractivity contribution in [2.24, 2.45) is 5.92 Å². The van der Waals surface area contributed by atoms with Crippen LogP contribution in [-0.2, 0) is 38.1 Å². The minimum Gasteiger partial charge on any atom is -0.388 e. The van der Waals surface area contributed by atoms with E-state index in [2.05, 4.69) is 16.0 Å². The van der Waals surface area contributed by atoms with Gasteiger partial charge in [-0.05, 0) is 40.0 Å². The summed E-state index contributed by atoms with van der Waals surface area (Å²) in [5, 5.41) is 67.5. The summed E-state index contributed by atoms with van der Waals surface area (Å²) in [6.45, 7) is 5.17. The van der Waals surface area contributed by atoms with E-state index in [4.69, 9.17) is 18.9 Å². The largest absolute Gasteiger partial charge is 0.388 e. The molecule has 2 aliphatic heterocycles. The maximum absolute atomic E-state index is 13.0. The van der Waals surface area contributed by atoms with Gasteiger partial charge in [-0.3, -0.25) is 19.2 Å². The van der Waals surface area contributed by atoms with Crippen LogP contribution in [0.1, 0.15) is 65.7 Å². The van der Waals surface area contributed by atoms with Crippen molar-refractivity contribution in [3.8, 4) is 0 Å². The van der Waals surface area contributed by atoms with E-state index in [9.17, 15) is 49.8 Å². The SMILES string of the molecule is CCNC(=O)CCCCC(=O)C[C@@H](CCC(=O)NCCO[C@@H]1O[C@@H](C)[C@@H](O)[C@@H](O)[C@@H]1O)C(=O)NCCO[C@@H]1O[C@@H](C)[C@@H](O)[C@@H](O)[C@@H]1O. The average Bonchev–Trinajstić information content (AvgIpc) is 3.04. The van der Waals surface area contributed by atoms with Crippen LogP contribution >= 0.6 is 0 Å². The van der Waals surface area contributed by atoms with Gasteiger partial charge in [0.15, 0.2) is 12.6 Å². The van der Waals surface area contributed by atoms with Crippen LogP contribution in [0.4, 0.5) is 0 Å². The minimum absolute atomic E-state index is 0.0244. The van der Waals surface area contributed by atoms with E-state index >= 15 is 0 Å². The third kappa shape index (κ3) is 13.6. The van der Waals surface area contributed by atoms with E-state index in [0.717, 1.165) is 0 Å². The van der Waals surface area contributed by atoms with Crippen LogP contribution < -0.4 is 16.0 Å². The lowest BCUT2D eigenvalue weighted by atomic mass is 9.93. The minimum atomic E-state index is -1.50. The first-order valence-corrected chi connectivity index (χ1v) is 16.2. The van der Waals surface area contributed by atoms with Crippen molar-refractivity contribution in [2.45, 2.75) is 127 Å². The Morgan fingerprint density at radius 3 is 1.68 bits per heavy atom. The van der Waals surface area contributed by atoms with Gasteiger partial charge in [-0.2, -0.15) is 0 Å². The molecule has 0 aliphatic carbocycles. The fourth-order valence-corrected chi connectivity index (χ4v) is 5.15. The molecule has 17 heteroatoms. The number of aliphatic hydroxyl groups excluding tert-OH is 6. The van der Waals surface area contributed by atoms with Crippen molar-refractivity contribution in [3.63, 3.8) is 0 Å². The molecular weight excluding hydrogens is 626 g/mol. The monoisotopic (exact) mass is 679 g/mol. The Balaban J connectivity index is 1.82. The summed E-state index contributed by atoms with van der Waals surface area (Å²) in [6, 6.07) is 0. The van der Waals surface area contributed by atoms with E-state index in [1.54, 1.807) is 0 Å². The van der Waals surface area contributed by atoms with Gasteiger partial charge in [0, 0.05) is 51.2 Å². The summed E-state index contributed by atoms with van der Waals surface area (Å²) < 4.78 is 21.5. The lowest BCUT2D eigenvalue weighted by Crippen LogP contribution is -2.57. The second-order valence-electron chi connectivity index (χ2n) is 11.9. The van der Waals surface area contributed by atoms with Crippen LogP contribution in [0.2, 0.25) is 0 Å². The molecule has 2 heterocycles. The number of carbonyl (C=O) groups excluding carboxylic acids is 4. The van der Waals surface area contributed by atoms with Crippen LogP contribution in [-0.4, -0.2) is 148 Å². The smallest absolute Gasteiger partial charge is 0.223 e. The average molecular weight is 680 g/mol. The van der Waals surface area contributed by atoms with Gasteiger partial charge in [0.05, 0.1) is 25.4 Å². The molecular formula is C30H53N3O14. The molecule has 0 aromatic carbocycles. The lowest BCUT2D eigenvalue weighted by molar-refractivity contribution is -0.292. The number of ether oxygens (including phenoxy) is 4. The van der Waals surface area contributed by atoms with Gasteiger partial charge in [0.2, 0.25) is 17.7 Å². The summed E-state index contributed by atoms with van der Waals surface area (Å²) >= 11 is 0. The summed E-state index contributed by atoms with van der Waals surface area (Å²) in [5.41, 5.74) is 0. The lowest BCUT2D eigenvalue weighted by Gasteiger charge is -2.38. The van der Waals surface area contributed by atoms with Crippen LogP contribution in [0.15, 0.2) is 0 Å². The third-order valence-corrected chi connectivity index (χ3v) is 8.05. The molecule has 0 unspecified atom stereocenters. The molecule has 0 aromatic heterocycles. The number of unbranched alkanes of at least 4 members (excludes halogenated alkanes) is 1. The fourth-order valence-electron chi connectivity index (χ4n) is 5.15. The van der Waals surface area contributed by atoms with Gasteiger partial charge in [-0.15, -0.1) is 0 Å². The number of nitrogens with one attached hydrogen (secondary N) is 3. The Morgan fingerprint density at radius 1 is 0.660 bits per heavy atom. The highest BCUT2D eigenvalue weighted by atomic mass is 16.7. The molecule has 0 aromatic rings. The molecule has 0 radical (unpaired) electrons. The highest BCUT2D eigenvalue weighted by molar-refractivity contribution is 5.87. The van der Waals surface area contributed by atoms with Gasteiger partial charge >= 0.3 is 0 Å². The van der Waals surface area contributed by atoms with Crippen LogP contribution in [0.25, 0.3) is 0 Å². The van der Waals surface area contributed by atoms with Crippen molar-refractivity contribution >= 4 is 23.5 Å². The van der Waals surface area contributed by atoms with Gasteiger partial charge in [-0.1, -0.05) is 0 Å². The van der Waals surface area contributed by atoms with E-state index in [0.29, 0.717) is 19.4 Å². The van der Waals surface area contributed by atoms with Gasteiger partial charge in [0.25, 0.3) is 0 Å². The van der Waals surface area contributed by atoms with Crippen molar-refractivity contribution in [1.29, 1.82) is 0 Å². The quantitative estimate of drug-likeness (QED) is 0.0580. The number of carbonyl (C=O) groups is 4. The number of ketones is 1. The van der Waals surface area contributed by atoms with Crippen molar-refractivity contribution in [1.82, 2.24) is 16.0 Å². The number of hydrogen-bond donors (Lipinski definition) is 9. The van der Waals surface area contributed by atoms with Gasteiger partial charge in [-0.25, -0.2) is 0 Å². The molecule has 47 heavy (non-hydrogen) atoms. The van der Waals surface area contributed by atoms with Crippen LogP contribution in [0, 0.1) is 5.92 Å². The molecule has 3 amide bonds. The van der Waals surface area contributed by atoms with Crippen molar-refractivity contribution in [2.75, 3.05) is 32.8 Å². The van der Waals surface area contributed by atoms with Crippen LogP contribution in [0.5, 0.6) is 0 Å². The van der Waals surface area contributed by atoms with Gasteiger partial charge < -0.3 is 65.5 Å². The Bertz CT molecular complexity index is 989. The van der Waals surface area contributed by atoms with E-state index in [1.165, 1.54) is 13.8 Å². The molecule has 272 valence electrons. The summed E-state index contributed by atoms with van der Waals surface area (Å²) in [7, 11) is 0. The molecule has 2 aliphatic rings. The summed E-state index contributed by atoms with van der Waals surface area (Å²) in [4.78, 5) is 49.9. The summed E-state index contributed by atoms with van der Waals surface area (Å²) in [6.07, 6.45) is -11.2. The number of amides is 3. The zero-order valence-corrected chi connectivity index (χ0v) is 27.3. The fraction of sp³-hybridized carbons (Fsp3) is 0.867. The number of Topliss-reactive ketones (excluding diaryl/α,β-unsaturated/α-hetero) is 1. The molecule has 9 N–H and O–H groups in total. The summed E-state index contributed by atoms with van der Waals surface area (Å²) in [5.74, 6) is -2.06. The Morgan fingerprint density at radius 2 is 1.15 bits per heavy atom. The second kappa shape index (κ2) is 20.9. The highest BCUT2D eigenvalue weighted by Gasteiger charge is 2.43. The topological polar surface area (TPSA) is 263 Å². The first-order valence-electron chi connectivity index (χ1n) is 16.2. The molecule has 11 atom stereocenters. The van der Waals surface area contributed by atoms with Crippen molar-refractivity contribution in [3.05, 3.63) is 0 Å². The zero-order valence-electron chi connectivity index (χ0n) is 27.3. The van der Waals surface area contributed by atoms with E-state index in [-0.39, 0.29) is 70.1 Å². The number of rotatable bonds is 20. The predicted octanol–water partition coefficient (Wildman–Crippen LogP) is -3.04. The Labute approximate surface area is 274 Å². The first kappa shape index (κ1) is 40.9. The molecule has 2 saturated heterocycles. The highest BCUT2D eigenvalue weighted by Crippen LogP contribution is 2.23. The van der Waals surface area contributed by atoms with Gasteiger partial charge in [0.1, 0.15) is 42.4 Å². The Kier molecular flexibility index (Phi) is 18.2. The standard InChI is InChI=1S/C30H53N3O14/c1-4-31-20(35)8-6-5-7-19(34)15-18(28(43)33-12-14-45-30-27(42)25(40)23(38)17(3)47-30)9-10-21(36)32-11-13-44-29-26(41)24(39)22(37)16(2)46-29/h16-18,22-27,29-30,37-42H,4-15H2,1-3H3,(H,31,35)(H,32,36)(H,33,43)/t16-,17-,18+,22+,23+,24+,25+,26-,27-,29+,30+/m0/s1. The Hall–Kier alpha value is -2.32. The van der Waals surface area contributed by atoms with E-state index in [1.807, 2.05) is 6.92 Å². The molecule has 0 bridgehead atoms. The molecule has 2 fully saturated rings. The molecule has 2 rings (SSSR count). The maximum Gasteiger partial charge on any atom is 0.223 e. The normalized spacial score (nSPS) is 31.5. The van der Waals surface area contributed by atoms with E-state index < -0.39 is 79.1 Å². The number of aliphatic hydroxyl groups is 6. The maximum atomic E-state index is 13.0. The van der Waals surface area contributed by atoms with Crippen LogP contribution in [0.3, 0.4) is 0 Å². The zero-order chi connectivity index (χ0) is 35.1. The molecule has 17 nitrogen and oxygen atoms in total. The third-order valence-electron chi connectivity index (χ3n) is 8.05. The number of hydrogen-bond acceptors (Lipinski definition) is 14.